The fraction of sp³-hybridized carbons (Fsp3) is 0.917. The SMILES string of the molecule is O=C(O)C1O[C@H](O[C@]2(CO)O[C@H](CO)C(O)[C@H]2O)C(O)[C@@H](O)[C@@H]1O. The minimum Gasteiger partial charge on any atom is -0.479 e. The molecule has 3 unspecified atom stereocenters. The van der Waals surface area contributed by atoms with Crippen molar-refractivity contribution in [1.29, 1.82) is 0 Å². The summed E-state index contributed by atoms with van der Waals surface area (Å²) < 4.78 is 15.0. The highest BCUT2D eigenvalue weighted by Gasteiger charge is 2.58. The third-order valence-electron chi connectivity index (χ3n) is 4.03. The lowest BCUT2D eigenvalue weighted by Crippen LogP contribution is -2.63. The molecule has 8 N–H and O–H groups in total. The van der Waals surface area contributed by atoms with Crippen molar-refractivity contribution >= 4 is 5.97 Å². The number of aliphatic hydroxyl groups is 7. The van der Waals surface area contributed by atoms with Gasteiger partial charge in [-0.3, -0.25) is 0 Å². The van der Waals surface area contributed by atoms with Crippen molar-refractivity contribution in [1.82, 2.24) is 0 Å². The maximum Gasteiger partial charge on any atom is 0.335 e. The molecule has 0 aliphatic carbocycles. The van der Waals surface area contributed by atoms with Crippen LogP contribution in [-0.2, 0) is 19.0 Å². The number of hydrogen-bond donors (Lipinski definition) is 8. The maximum atomic E-state index is 11.0. The smallest absolute Gasteiger partial charge is 0.335 e. The second-order valence-corrected chi connectivity index (χ2v) is 5.60. The van der Waals surface area contributed by atoms with Gasteiger partial charge in [0.25, 0.3) is 0 Å². The van der Waals surface area contributed by atoms with Gasteiger partial charge in [-0.2, -0.15) is 0 Å². The van der Waals surface area contributed by atoms with Crippen LogP contribution in [0, 0.1) is 0 Å². The molecule has 12 nitrogen and oxygen atoms in total. The first-order chi connectivity index (χ1) is 11.2. The molecule has 2 aliphatic heterocycles. The number of rotatable bonds is 5. The largest absolute Gasteiger partial charge is 0.479 e. The van der Waals surface area contributed by atoms with Crippen LogP contribution in [0.1, 0.15) is 0 Å². The van der Waals surface area contributed by atoms with Crippen LogP contribution in [0.5, 0.6) is 0 Å². The van der Waals surface area contributed by atoms with E-state index in [0.717, 1.165) is 0 Å². The summed E-state index contributed by atoms with van der Waals surface area (Å²) in [5, 5.41) is 76.4. The van der Waals surface area contributed by atoms with Gasteiger partial charge in [0.15, 0.2) is 12.4 Å². The third-order valence-corrected chi connectivity index (χ3v) is 4.03. The molecule has 2 rings (SSSR count). The Kier molecular flexibility index (Phi) is 5.76. The fourth-order valence-corrected chi connectivity index (χ4v) is 2.62. The van der Waals surface area contributed by atoms with E-state index >= 15 is 0 Å². The summed E-state index contributed by atoms with van der Waals surface area (Å²) in [5.74, 6) is -4.00. The van der Waals surface area contributed by atoms with E-state index in [-0.39, 0.29) is 0 Å². The second-order valence-electron chi connectivity index (χ2n) is 5.60. The van der Waals surface area contributed by atoms with Gasteiger partial charge in [-0.05, 0) is 0 Å². The average Bonchev–Trinajstić information content (AvgIpc) is 2.80. The predicted molar refractivity (Wildman–Crippen MR) is 69.2 cm³/mol. The van der Waals surface area contributed by atoms with Crippen molar-refractivity contribution in [3.8, 4) is 0 Å². The Hall–Kier alpha value is -0.930. The highest BCUT2D eigenvalue weighted by molar-refractivity contribution is 5.73. The van der Waals surface area contributed by atoms with Gasteiger partial charge in [0.2, 0.25) is 5.79 Å². The number of hydrogen-bond acceptors (Lipinski definition) is 11. The van der Waals surface area contributed by atoms with Crippen LogP contribution < -0.4 is 0 Å². The van der Waals surface area contributed by atoms with E-state index in [9.17, 15) is 35.4 Å². The van der Waals surface area contributed by atoms with Crippen LogP contribution in [0.2, 0.25) is 0 Å². The highest BCUT2D eigenvalue weighted by Crippen LogP contribution is 2.35. The fourth-order valence-electron chi connectivity index (χ4n) is 2.62. The molecule has 2 heterocycles. The lowest BCUT2D eigenvalue weighted by Gasteiger charge is -2.42. The van der Waals surface area contributed by atoms with Crippen molar-refractivity contribution in [3.63, 3.8) is 0 Å². The topological polar surface area (TPSA) is 207 Å². The quantitative estimate of drug-likeness (QED) is 0.232. The molecule has 24 heavy (non-hydrogen) atoms. The van der Waals surface area contributed by atoms with E-state index in [1.807, 2.05) is 0 Å². The van der Waals surface area contributed by atoms with Gasteiger partial charge >= 0.3 is 5.97 Å². The van der Waals surface area contributed by atoms with Gasteiger partial charge in [0, 0.05) is 0 Å². The molecule has 0 radical (unpaired) electrons. The number of aliphatic hydroxyl groups excluding tert-OH is 7. The van der Waals surface area contributed by atoms with Gasteiger partial charge in [-0.1, -0.05) is 0 Å². The molecular formula is C12H20O12. The van der Waals surface area contributed by atoms with E-state index in [1.54, 1.807) is 0 Å². The van der Waals surface area contributed by atoms with Crippen LogP contribution in [0.25, 0.3) is 0 Å². The van der Waals surface area contributed by atoms with Crippen molar-refractivity contribution in [2.45, 2.75) is 54.8 Å². The number of carboxylic acids is 1. The van der Waals surface area contributed by atoms with Gasteiger partial charge < -0.3 is 55.1 Å². The molecule has 0 aromatic rings. The molecule has 0 saturated carbocycles. The first kappa shape index (κ1) is 19.4. The van der Waals surface area contributed by atoms with Gasteiger partial charge in [0.05, 0.1) is 6.61 Å². The molecule has 0 aromatic carbocycles. The normalized spacial score (nSPS) is 49.3. The Labute approximate surface area is 135 Å². The van der Waals surface area contributed by atoms with Crippen molar-refractivity contribution in [2.75, 3.05) is 13.2 Å². The Morgan fingerprint density at radius 1 is 1.00 bits per heavy atom. The third kappa shape index (κ3) is 3.13. The lowest BCUT2D eigenvalue weighted by molar-refractivity contribution is -0.379. The van der Waals surface area contributed by atoms with Crippen LogP contribution in [0.4, 0.5) is 0 Å². The van der Waals surface area contributed by atoms with E-state index < -0.39 is 74.0 Å². The first-order valence-electron chi connectivity index (χ1n) is 7.04. The maximum absolute atomic E-state index is 11.0. The van der Waals surface area contributed by atoms with Crippen molar-refractivity contribution < 1.29 is 59.9 Å². The molecule has 0 spiro atoms. The molecule has 0 amide bonds. The van der Waals surface area contributed by atoms with Gasteiger partial charge in [0.1, 0.15) is 43.2 Å². The van der Waals surface area contributed by atoms with E-state index in [4.69, 9.17) is 24.4 Å². The Morgan fingerprint density at radius 2 is 1.62 bits per heavy atom. The molecule has 9 atom stereocenters. The summed E-state index contributed by atoms with van der Waals surface area (Å²) in [7, 11) is 0. The van der Waals surface area contributed by atoms with Gasteiger partial charge in [-0.15, -0.1) is 0 Å². The molecule has 140 valence electrons. The molecule has 12 heteroatoms. The monoisotopic (exact) mass is 356 g/mol. The summed E-state index contributed by atoms with van der Waals surface area (Å²) in [6, 6.07) is 0. The zero-order valence-corrected chi connectivity index (χ0v) is 12.2. The summed E-state index contributed by atoms with van der Waals surface area (Å²) >= 11 is 0. The minimum absolute atomic E-state index is 0.726. The van der Waals surface area contributed by atoms with Crippen LogP contribution in [-0.4, -0.2) is 115 Å². The number of carboxylic acid groups (broad SMARTS) is 1. The molecule has 2 fully saturated rings. The highest BCUT2D eigenvalue weighted by atomic mass is 16.8. The lowest BCUT2D eigenvalue weighted by atomic mass is 9.98. The summed E-state index contributed by atoms with van der Waals surface area (Å²) in [6.45, 7) is -1.78. The first-order valence-corrected chi connectivity index (χ1v) is 7.04. The molecule has 0 bridgehead atoms. The number of carbonyl (C=O) groups is 1. The van der Waals surface area contributed by atoms with Crippen LogP contribution in [0.15, 0.2) is 0 Å². The van der Waals surface area contributed by atoms with E-state index in [1.165, 1.54) is 0 Å². The average molecular weight is 356 g/mol. The molecule has 2 saturated heterocycles. The number of ether oxygens (including phenoxy) is 3. The molecular weight excluding hydrogens is 336 g/mol. The summed E-state index contributed by atoms with van der Waals surface area (Å²) in [5.41, 5.74) is 0. The molecule has 0 aromatic heterocycles. The zero-order chi connectivity index (χ0) is 18.2. The van der Waals surface area contributed by atoms with Crippen LogP contribution >= 0.6 is 0 Å². The zero-order valence-electron chi connectivity index (χ0n) is 12.2. The van der Waals surface area contributed by atoms with Crippen molar-refractivity contribution in [3.05, 3.63) is 0 Å². The standard InChI is InChI=1S/C12H20O12/c13-1-3-4(15)9(19)12(2-14,23-3)24-11-7(18)5(16)6(17)8(22-11)10(20)21/h3-9,11,13-19H,1-2H2,(H,20,21)/t3-,4?,5+,6+,7?,8?,9-,11-,12+/m1/s1. The number of aliphatic carboxylic acids is 1. The second kappa shape index (κ2) is 7.13. The predicted octanol–water partition coefficient (Wildman–Crippen LogP) is -5.30. The minimum atomic E-state index is -2.34. The van der Waals surface area contributed by atoms with E-state index in [2.05, 4.69) is 0 Å². The van der Waals surface area contributed by atoms with Crippen molar-refractivity contribution in [2.24, 2.45) is 0 Å². The Bertz CT molecular complexity index is 459. The Morgan fingerprint density at radius 3 is 2.08 bits per heavy atom. The van der Waals surface area contributed by atoms with Crippen LogP contribution in [0.3, 0.4) is 0 Å². The summed E-state index contributed by atoms with van der Waals surface area (Å²) in [4.78, 5) is 11.0. The van der Waals surface area contributed by atoms with Gasteiger partial charge in [-0.25, -0.2) is 4.79 Å². The molecule has 2 aliphatic rings. The summed E-state index contributed by atoms with van der Waals surface area (Å²) in [6.07, 6.45) is -14.6. The van der Waals surface area contributed by atoms with E-state index in [0.29, 0.717) is 0 Å². The Balaban J connectivity index is 2.22.